The van der Waals surface area contributed by atoms with Crippen LogP contribution in [0.3, 0.4) is 0 Å². The topological polar surface area (TPSA) is 58.1 Å². The number of benzene rings is 2. The highest BCUT2D eigenvalue weighted by atomic mass is 16.2. The van der Waals surface area contributed by atoms with Crippen molar-refractivity contribution >= 4 is 22.8 Å². The van der Waals surface area contributed by atoms with Crippen molar-refractivity contribution in [3.05, 3.63) is 65.9 Å². The number of carbonyl (C=O) groups excluding carboxylic acids is 1. The van der Waals surface area contributed by atoms with Crippen LogP contribution in [-0.4, -0.2) is 39.9 Å². The van der Waals surface area contributed by atoms with E-state index in [1.807, 2.05) is 42.2 Å². The number of anilines is 1. The number of hydrogen-bond acceptors (Lipinski definition) is 4. The number of carbonyl (C=O) groups is 1. The molecule has 138 valence electrons. The van der Waals surface area contributed by atoms with E-state index in [1.165, 1.54) is 5.56 Å². The molecule has 27 heavy (non-hydrogen) atoms. The van der Waals surface area contributed by atoms with E-state index in [-0.39, 0.29) is 11.9 Å². The summed E-state index contributed by atoms with van der Waals surface area (Å²) in [6, 6.07) is 18.0. The van der Waals surface area contributed by atoms with Crippen molar-refractivity contribution in [3.63, 3.8) is 0 Å². The molecule has 1 aliphatic heterocycles. The molecule has 4 rings (SSSR count). The van der Waals surface area contributed by atoms with Crippen molar-refractivity contribution in [3.8, 4) is 0 Å². The first kappa shape index (κ1) is 17.5. The average molecular weight is 360 g/mol. The molecular formula is C22H24N4O. The van der Waals surface area contributed by atoms with Gasteiger partial charge in [0.2, 0.25) is 5.91 Å². The molecule has 1 unspecified atom stereocenters. The summed E-state index contributed by atoms with van der Waals surface area (Å²) in [6.07, 6.45) is 2.79. The molecule has 0 bridgehead atoms. The smallest absolute Gasteiger partial charge is 0.245 e. The van der Waals surface area contributed by atoms with Gasteiger partial charge < -0.3 is 10.2 Å². The standard InChI is InChI=1S/C22H24N4O/c1-16-21(24-19-12-6-5-11-18(19)23-16)25-20-13-15-26(22(20)27)14-7-10-17-8-3-2-4-9-17/h2-6,8-9,11-12,20H,7,10,13-15H2,1H3,(H,24,25). The Morgan fingerprint density at radius 1 is 1.04 bits per heavy atom. The molecule has 1 amide bonds. The number of fused-ring (bicyclic) bond motifs is 1. The molecule has 0 aliphatic carbocycles. The lowest BCUT2D eigenvalue weighted by Crippen LogP contribution is -2.34. The van der Waals surface area contributed by atoms with Gasteiger partial charge in [0.15, 0.2) is 0 Å². The molecular weight excluding hydrogens is 336 g/mol. The fraction of sp³-hybridized carbons (Fsp3) is 0.318. The second kappa shape index (κ2) is 7.74. The monoisotopic (exact) mass is 360 g/mol. The van der Waals surface area contributed by atoms with Crippen LogP contribution >= 0.6 is 0 Å². The summed E-state index contributed by atoms with van der Waals surface area (Å²) in [7, 11) is 0. The molecule has 0 radical (unpaired) electrons. The molecule has 1 saturated heterocycles. The zero-order chi connectivity index (χ0) is 18.6. The SMILES string of the molecule is Cc1nc2ccccc2nc1NC1CCN(CCCc2ccccc2)C1=O. The molecule has 0 spiro atoms. The molecule has 1 aromatic heterocycles. The third-order valence-corrected chi connectivity index (χ3v) is 5.09. The Balaban J connectivity index is 1.37. The Bertz CT molecular complexity index is 941. The lowest BCUT2D eigenvalue weighted by molar-refractivity contribution is -0.128. The fourth-order valence-electron chi connectivity index (χ4n) is 3.60. The number of likely N-dealkylation sites (tertiary alicyclic amines) is 1. The second-order valence-electron chi connectivity index (χ2n) is 7.05. The quantitative estimate of drug-likeness (QED) is 0.730. The third-order valence-electron chi connectivity index (χ3n) is 5.09. The minimum absolute atomic E-state index is 0.164. The summed E-state index contributed by atoms with van der Waals surface area (Å²) >= 11 is 0. The lowest BCUT2D eigenvalue weighted by Gasteiger charge is -2.18. The normalized spacial score (nSPS) is 16.9. The van der Waals surface area contributed by atoms with Crippen LogP contribution in [0.15, 0.2) is 54.6 Å². The molecule has 1 atom stereocenters. The summed E-state index contributed by atoms with van der Waals surface area (Å²) < 4.78 is 0. The van der Waals surface area contributed by atoms with Gasteiger partial charge in [-0.25, -0.2) is 9.97 Å². The van der Waals surface area contributed by atoms with E-state index in [9.17, 15) is 4.79 Å². The third kappa shape index (κ3) is 3.92. The molecule has 5 heteroatoms. The number of aryl methyl sites for hydroxylation is 2. The Morgan fingerprint density at radius 3 is 2.52 bits per heavy atom. The predicted molar refractivity (Wildman–Crippen MR) is 108 cm³/mol. The van der Waals surface area contributed by atoms with Crippen molar-refractivity contribution < 1.29 is 4.79 Å². The Hall–Kier alpha value is -2.95. The zero-order valence-electron chi connectivity index (χ0n) is 15.6. The van der Waals surface area contributed by atoms with Gasteiger partial charge in [-0.05, 0) is 43.9 Å². The van der Waals surface area contributed by atoms with E-state index in [2.05, 4.69) is 39.6 Å². The first-order chi connectivity index (χ1) is 13.2. The van der Waals surface area contributed by atoms with E-state index in [1.54, 1.807) is 0 Å². The molecule has 1 fully saturated rings. The highest BCUT2D eigenvalue weighted by Gasteiger charge is 2.31. The summed E-state index contributed by atoms with van der Waals surface area (Å²) in [5.74, 6) is 0.871. The molecule has 1 aliphatic rings. The van der Waals surface area contributed by atoms with Crippen LogP contribution < -0.4 is 5.32 Å². The van der Waals surface area contributed by atoms with E-state index < -0.39 is 0 Å². The van der Waals surface area contributed by atoms with Crippen LogP contribution in [0.25, 0.3) is 11.0 Å². The van der Waals surface area contributed by atoms with Gasteiger partial charge in [0.1, 0.15) is 11.9 Å². The van der Waals surface area contributed by atoms with Gasteiger partial charge in [-0.15, -0.1) is 0 Å². The van der Waals surface area contributed by atoms with Gasteiger partial charge in [-0.3, -0.25) is 4.79 Å². The first-order valence-electron chi connectivity index (χ1n) is 9.53. The van der Waals surface area contributed by atoms with Gasteiger partial charge in [0.05, 0.1) is 16.7 Å². The number of nitrogens with zero attached hydrogens (tertiary/aromatic N) is 3. The molecule has 2 aromatic carbocycles. The maximum absolute atomic E-state index is 12.7. The highest BCUT2D eigenvalue weighted by Crippen LogP contribution is 2.21. The highest BCUT2D eigenvalue weighted by molar-refractivity contribution is 5.87. The Kier molecular flexibility index (Phi) is 5.01. The number of nitrogens with one attached hydrogen (secondary N) is 1. The number of hydrogen-bond donors (Lipinski definition) is 1. The lowest BCUT2D eigenvalue weighted by atomic mass is 10.1. The van der Waals surface area contributed by atoms with E-state index in [0.29, 0.717) is 5.82 Å². The zero-order valence-corrected chi connectivity index (χ0v) is 15.6. The number of rotatable bonds is 6. The minimum atomic E-state index is -0.212. The molecule has 1 N–H and O–H groups in total. The predicted octanol–water partition coefficient (Wildman–Crippen LogP) is 3.58. The maximum Gasteiger partial charge on any atom is 0.245 e. The van der Waals surface area contributed by atoms with Crippen LogP contribution in [-0.2, 0) is 11.2 Å². The first-order valence-corrected chi connectivity index (χ1v) is 9.53. The van der Waals surface area contributed by atoms with Crippen molar-refractivity contribution in [1.82, 2.24) is 14.9 Å². The summed E-state index contributed by atoms with van der Waals surface area (Å²) in [5.41, 5.74) is 3.86. The Labute approximate surface area is 159 Å². The van der Waals surface area contributed by atoms with Gasteiger partial charge in [0.25, 0.3) is 0 Å². The number of amides is 1. The van der Waals surface area contributed by atoms with E-state index in [4.69, 9.17) is 0 Å². The van der Waals surface area contributed by atoms with Gasteiger partial charge in [-0.2, -0.15) is 0 Å². The molecule has 2 heterocycles. The average Bonchev–Trinajstić information content (AvgIpc) is 3.03. The summed E-state index contributed by atoms with van der Waals surface area (Å²) in [5, 5.41) is 3.32. The van der Waals surface area contributed by atoms with E-state index in [0.717, 1.165) is 49.1 Å². The van der Waals surface area contributed by atoms with Crippen LogP contribution in [0.4, 0.5) is 5.82 Å². The number of para-hydroxylation sites is 2. The number of aromatic nitrogens is 2. The molecule has 3 aromatic rings. The van der Waals surface area contributed by atoms with Crippen LogP contribution in [0, 0.1) is 6.92 Å². The van der Waals surface area contributed by atoms with Crippen LogP contribution in [0.1, 0.15) is 24.1 Å². The van der Waals surface area contributed by atoms with Gasteiger partial charge in [-0.1, -0.05) is 42.5 Å². The summed E-state index contributed by atoms with van der Waals surface area (Å²) in [6.45, 7) is 3.53. The Morgan fingerprint density at radius 2 is 1.74 bits per heavy atom. The van der Waals surface area contributed by atoms with E-state index >= 15 is 0 Å². The second-order valence-corrected chi connectivity index (χ2v) is 7.05. The van der Waals surface area contributed by atoms with Gasteiger partial charge in [0, 0.05) is 13.1 Å². The van der Waals surface area contributed by atoms with Crippen molar-refractivity contribution in [2.45, 2.75) is 32.2 Å². The van der Waals surface area contributed by atoms with Crippen molar-refractivity contribution in [2.24, 2.45) is 0 Å². The van der Waals surface area contributed by atoms with Gasteiger partial charge >= 0.3 is 0 Å². The van der Waals surface area contributed by atoms with Crippen molar-refractivity contribution in [2.75, 3.05) is 18.4 Å². The molecule has 0 saturated carbocycles. The largest absolute Gasteiger partial charge is 0.357 e. The maximum atomic E-state index is 12.7. The minimum Gasteiger partial charge on any atom is -0.357 e. The van der Waals surface area contributed by atoms with Crippen LogP contribution in [0.2, 0.25) is 0 Å². The molecule has 5 nitrogen and oxygen atoms in total. The van der Waals surface area contributed by atoms with Crippen LogP contribution in [0.5, 0.6) is 0 Å². The van der Waals surface area contributed by atoms with Crippen molar-refractivity contribution in [1.29, 1.82) is 0 Å². The fourth-order valence-corrected chi connectivity index (χ4v) is 3.60. The summed E-state index contributed by atoms with van der Waals surface area (Å²) in [4.78, 5) is 24.0.